The number of ketones is 2. The standard InChI is InChI=1S/C23H18N2O5S2/c26-20-15-25(13-17-9-4-5-10-18(17)16-7-2-1-3-8-16)14-19(22(20)27)23(28)24-32(29,30)21-11-6-12-31-21/h1-12,14H,13,15H2,(H,24,28). The number of nitrogens with one attached hydrogen (secondary N) is 1. The molecular weight excluding hydrogens is 448 g/mol. The van der Waals surface area contributed by atoms with Gasteiger partial charge in [-0.05, 0) is 28.1 Å². The largest absolute Gasteiger partial charge is 0.364 e. The average molecular weight is 467 g/mol. The summed E-state index contributed by atoms with van der Waals surface area (Å²) >= 11 is 0.937. The maximum absolute atomic E-state index is 12.6. The van der Waals surface area contributed by atoms with Crippen molar-refractivity contribution in [3.05, 3.63) is 89.4 Å². The zero-order valence-corrected chi connectivity index (χ0v) is 18.4. The third kappa shape index (κ3) is 4.53. The Balaban J connectivity index is 1.61. The monoisotopic (exact) mass is 466 g/mol. The summed E-state index contributed by atoms with van der Waals surface area (Å²) in [6.45, 7) is 0.0644. The highest BCUT2D eigenvalue weighted by Crippen LogP contribution is 2.25. The topological polar surface area (TPSA) is 101 Å². The van der Waals surface area contributed by atoms with Crippen molar-refractivity contribution in [2.24, 2.45) is 0 Å². The van der Waals surface area contributed by atoms with E-state index in [-0.39, 0.29) is 17.3 Å². The molecule has 1 aromatic heterocycles. The third-order valence-corrected chi connectivity index (χ3v) is 7.59. The van der Waals surface area contributed by atoms with Crippen molar-refractivity contribution in [1.82, 2.24) is 9.62 Å². The van der Waals surface area contributed by atoms with Crippen LogP contribution in [0, 0.1) is 0 Å². The molecule has 7 nitrogen and oxygen atoms in total. The van der Waals surface area contributed by atoms with E-state index in [1.807, 2.05) is 59.3 Å². The van der Waals surface area contributed by atoms with Gasteiger partial charge in [-0.1, -0.05) is 60.7 Å². The van der Waals surface area contributed by atoms with E-state index in [0.29, 0.717) is 0 Å². The van der Waals surface area contributed by atoms with Gasteiger partial charge >= 0.3 is 0 Å². The van der Waals surface area contributed by atoms with Gasteiger partial charge in [-0.15, -0.1) is 11.3 Å². The Kier molecular flexibility index (Phi) is 6.02. The van der Waals surface area contributed by atoms with Crippen molar-refractivity contribution in [3.63, 3.8) is 0 Å². The van der Waals surface area contributed by atoms with Crippen molar-refractivity contribution >= 4 is 38.8 Å². The summed E-state index contributed by atoms with van der Waals surface area (Å²) in [5.41, 5.74) is 2.34. The van der Waals surface area contributed by atoms with Gasteiger partial charge in [0.05, 0.1) is 6.54 Å². The quantitative estimate of drug-likeness (QED) is 0.443. The lowest BCUT2D eigenvalue weighted by molar-refractivity contribution is -0.137. The van der Waals surface area contributed by atoms with Crippen LogP contribution in [0.5, 0.6) is 0 Å². The number of sulfonamides is 1. The first kappa shape index (κ1) is 21.7. The van der Waals surface area contributed by atoms with Crippen LogP contribution in [0.3, 0.4) is 0 Å². The molecule has 2 aromatic carbocycles. The molecule has 1 aliphatic heterocycles. The Labute approximate surface area is 189 Å². The second-order valence-corrected chi connectivity index (χ2v) is 9.95. The van der Waals surface area contributed by atoms with Crippen LogP contribution in [0.1, 0.15) is 5.56 Å². The molecule has 0 fully saturated rings. The third-order valence-electron chi connectivity index (χ3n) is 4.86. The molecule has 32 heavy (non-hydrogen) atoms. The lowest BCUT2D eigenvalue weighted by Crippen LogP contribution is -2.42. The molecule has 9 heteroatoms. The fourth-order valence-electron chi connectivity index (χ4n) is 3.38. The molecule has 0 saturated carbocycles. The number of rotatable bonds is 6. The second kappa shape index (κ2) is 8.89. The van der Waals surface area contributed by atoms with Crippen LogP contribution in [0.15, 0.2) is 88.1 Å². The van der Waals surface area contributed by atoms with Gasteiger partial charge in [0.1, 0.15) is 9.78 Å². The number of amides is 1. The molecule has 0 saturated heterocycles. The van der Waals surface area contributed by atoms with E-state index in [4.69, 9.17) is 0 Å². The molecule has 1 N–H and O–H groups in total. The van der Waals surface area contributed by atoms with Gasteiger partial charge in [-0.25, -0.2) is 13.1 Å². The first-order chi connectivity index (χ1) is 15.3. The number of nitrogens with zero attached hydrogens (tertiary/aromatic N) is 1. The first-order valence-electron chi connectivity index (χ1n) is 9.62. The molecule has 3 aromatic rings. The summed E-state index contributed by atoms with van der Waals surface area (Å²) in [6, 6.07) is 20.2. The number of Topliss-reactive ketones (excluding diaryl/α,β-unsaturated/α-hetero) is 2. The van der Waals surface area contributed by atoms with E-state index in [9.17, 15) is 22.8 Å². The molecule has 0 radical (unpaired) electrons. The Morgan fingerprint density at radius 3 is 2.41 bits per heavy atom. The summed E-state index contributed by atoms with van der Waals surface area (Å²) in [7, 11) is -4.13. The number of carbonyl (C=O) groups is 3. The highest BCUT2D eigenvalue weighted by molar-refractivity contribution is 7.92. The van der Waals surface area contributed by atoms with Crippen LogP contribution in [0.25, 0.3) is 11.1 Å². The Hall–Kier alpha value is -3.56. The minimum Gasteiger partial charge on any atom is -0.364 e. The molecule has 0 spiro atoms. The molecule has 0 unspecified atom stereocenters. The maximum Gasteiger partial charge on any atom is 0.273 e. The van der Waals surface area contributed by atoms with Crippen LogP contribution in [-0.4, -0.2) is 37.3 Å². The normalized spacial score (nSPS) is 14.2. The molecule has 1 amide bonds. The van der Waals surface area contributed by atoms with Crippen molar-refractivity contribution in [2.45, 2.75) is 10.8 Å². The Bertz CT molecular complexity index is 1310. The number of hydrogen-bond donors (Lipinski definition) is 1. The van der Waals surface area contributed by atoms with Crippen LogP contribution in [0.2, 0.25) is 0 Å². The van der Waals surface area contributed by atoms with Crippen LogP contribution < -0.4 is 4.72 Å². The molecule has 1 aliphatic rings. The molecule has 0 aliphatic carbocycles. The maximum atomic E-state index is 12.6. The van der Waals surface area contributed by atoms with Gasteiger partial charge in [-0.3, -0.25) is 14.4 Å². The van der Waals surface area contributed by atoms with Crippen molar-refractivity contribution < 1.29 is 22.8 Å². The lowest BCUT2D eigenvalue weighted by Gasteiger charge is -2.25. The van der Waals surface area contributed by atoms with Crippen molar-refractivity contribution in [1.29, 1.82) is 0 Å². The Morgan fingerprint density at radius 1 is 0.969 bits per heavy atom. The molecule has 0 bridgehead atoms. The van der Waals surface area contributed by atoms with E-state index in [1.54, 1.807) is 5.38 Å². The average Bonchev–Trinajstić information content (AvgIpc) is 3.33. The van der Waals surface area contributed by atoms with Crippen LogP contribution in [0.4, 0.5) is 0 Å². The van der Waals surface area contributed by atoms with E-state index in [1.165, 1.54) is 23.2 Å². The molecule has 4 rings (SSSR count). The van der Waals surface area contributed by atoms with Gasteiger partial charge in [-0.2, -0.15) is 0 Å². The van der Waals surface area contributed by atoms with Crippen molar-refractivity contribution in [2.75, 3.05) is 6.54 Å². The number of benzene rings is 2. The van der Waals surface area contributed by atoms with E-state index >= 15 is 0 Å². The van der Waals surface area contributed by atoms with Crippen molar-refractivity contribution in [3.8, 4) is 11.1 Å². The van der Waals surface area contributed by atoms with E-state index < -0.39 is 33.1 Å². The minimum atomic E-state index is -4.13. The summed E-state index contributed by atoms with van der Waals surface area (Å²) < 4.78 is 26.5. The second-order valence-electron chi connectivity index (χ2n) is 7.09. The van der Waals surface area contributed by atoms with Gasteiger partial charge in [0.25, 0.3) is 15.9 Å². The fraction of sp³-hybridized carbons (Fsp3) is 0.0870. The molecule has 0 atom stereocenters. The Morgan fingerprint density at radius 2 is 1.69 bits per heavy atom. The van der Waals surface area contributed by atoms with Gasteiger partial charge < -0.3 is 4.90 Å². The molecule has 2 heterocycles. The van der Waals surface area contributed by atoms with E-state index in [2.05, 4.69) is 0 Å². The number of thiophene rings is 1. The van der Waals surface area contributed by atoms with Crippen LogP contribution in [-0.2, 0) is 31.0 Å². The minimum absolute atomic E-state index is 0.0605. The molecule has 162 valence electrons. The zero-order valence-electron chi connectivity index (χ0n) is 16.7. The highest BCUT2D eigenvalue weighted by atomic mass is 32.2. The highest BCUT2D eigenvalue weighted by Gasteiger charge is 2.33. The van der Waals surface area contributed by atoms with Gasteiger partial charge in [0.15, 0.2) is 0 Å². The fourth-order valence-corrected chi connectivity index (χ4v) is 5.34. The summed E-state index contributed by atoms with van der Waals surface area (Å²) in [6.07, 6.45) is 1.25. The number of carbonyl (C=O) groups excluding carboxylic acids is 3. The number of hydrogen-bond acceptors (Lipinski definition) is 7. The summed E-state index contributed by atoms with van der Waals surface area (Å²) in [5, 5.41) is 1.56. The summed E-state index contributed by atoms with van der Waals surface area (Å²) in [4.78, 5) is 38.8. The van der Waals surface area contributed by atoms with Crippen LogP contribution >= 0.6 is 11.3 Å². The predicted octanol–water partition coefficient (Wildman–Crippen LogP) is 2.76. The van der Waals surface area contributed by atoms with Gasteiger partial charge in [0, 0.05) is 12.7 Å². The predicted molar refractivity (Wildman–Crippen MR) is 120 cm³/mol. The summed E-state index contributed by atoms with van der Waals surface area (Å²) in [5.74, 6) is -2.90. The van der Waals surface area contributed by atoms with Gasteiger partial charge in [0.2, 0.25) is 11.6 Å². The zero-order chi connectivity index (χ0) is 22.7. The SMILES string of the molecule is O=C1CN(Cc2ccccc2-c2ccccc2)C=C(C(=O)NS(=O)(=O)c2cccs2)C1=O. The molecular formula is C23H18N2O5S2. The smallest absolute Gasteiger partial charge is 0.273 e. The lowest BCUT2D eigenvalue weighted by atomic mass is 9.98. The first-order valence-corrected chi connectivity index (χ1v) is 12.0. The van der Waals surface area contributed by atoms with E-state index in [0.717, 1.165) is 28.0 Å².